The molecule has 3 unspecified atom stereocenters. The molecule has 3 N–H and O–H groups in total. The highest BCUT2D eigenvalue weighted by Gasteiger charge is 2.30. The smallest absolute Gasteiger partial charge is 0.462 e. The van der Waals surface area contributed by atoms with Gasteiger partial charge in [0.2, 0.25) is 0 Å². The number of aliphatic hydroxyl groups is 1. The van der Waals surface area contributed by atoms with E-state index in [0.29, 0.717) is 37.5 Å². The van der Waals surface area contributed by atoms with Crippen LogP contribution in [0.25, 0.3) is 0 Å². The molecule has 0 aromatic heterocycles. The fourth-order valence-electron chi connectivity index (χ4n) is 11.7. The summed E-state index contributed by atoms with van der Waals surface area (Å²) >= 11 is 0. The molecule has 570 valence electrons. The van der Waals surface area contributed by atoms with Gasteiger partial charge in [-0.05, 0) is 49.4 Å². The molecule has 0 aliphatic heterocycles. The standard InChI is InChI=1S/C77H150O17P2/c1-67(2)53-45-37-29-23-19-15-13-11-9-10-12-14-16-21-25-33-41-49-57-74(79)87-63-72(93-76(81)59-51-43-34-26-22-18-17-20-24-30-38-46-54-68(3)4)65-91-95(83,84)89-61-71(78)62-90-96(85,86)92-66-73(94-77(82)60-52-44-36-28-32-40-48-56-70(7)8)64-88-75(80)58-50-42-35-27-31-39-47-55-69(5)6/h67-73,78H,9-66H2,1-8H3,(H,83,84)(H,85,86)/t71?,72-,73-/m1/s1. The first-order valence-corrected chi connectivity index (χ1v) is 42.7. The monoisotopic (exact) mass is 1410 g/mol. The Morgan fingerprint density at radius 1 is 0.260 bits per heavy atom. The van der Waals surface area contributed by atoms with Crippen molar-refractivity contribution in [3.8, 4) is 0 Å². The molecule has 0 amide bonds. The Bertz CT molecular complexity index is 1880. The minimum absolute atomic E-state index is 0.102. The van der Waals surface area contributed by atoms with E-state index in [1.807, 2.05) is 0 Å². The maximum Gasteiger partial charge on any atom is 0.472 e. The Morgan fingerprint density at radius 2 is 0.438 bits per heavy atom. The van der Waals surface area contributed by atoms with Crippen LogP contribution in [0.2, 0.25) is 0 Å². The van der Waals surface area contributed by atoms with Gasteiger partial charge in [0.15, 0.2) is 12.2 Å². The normalized spacial score (nSPS) is 14.1. The number of unbranched alkanes of at least 4 members (excludes halogenated alkanes) is 40. The molecule has 0 rings (SSSR count). The van der Waals surface area contributed by atoms with Crippen LogP contribution in [-0.2, 0) is 65.4 Å². The van der Waals surface area contributed by atoms with Gasteiger partial charge in [0.25, 0.3) is 0 Å². The van der Waals surface area contributed by atoms with Crippen molar-refractivity contribution in [2.24, 2.45) is 23.7 Å². The molecule has 0 aliphatic rings. The second-order valence-electron chi connectivity index (χ2n) is 29.7. The number of rotatable bonds is 74. The van der Waals surface area contributed by atoms with E-state index in [0.717, 1.165) is 108 Å². The van der Waals surface area contributed by atoms with Crippen LogP contribution in [0.4, 0.5) is 0 Å². The van der Waals surface area contributed by atoms with E-state index in [1.54, 1.807) is 0 Å². The minimum atomic E-state index is -4.96. The van der Waals surface area contributed by atoms with Crippen LogP contribution in [0.1, 0.15) is 389 Å². The predicted molar refractivity (Wildman–Crippen MR) is 391 cm³/mol. The van der Waals surface area contributed by atoms with Crippen molar-refractivity contribution < 1.29 is 80.2 Å². The number of carbonyl (C=O) groups excluding carboxylic acids is 4. The van der Waals surface area contributed by atoms with Crippen LogP contribution < -0.4 is 0 Å². The lowest BCUT2D eigenvalue weighted by atomic mass is 10.0. The zero-order valence-electron chi connectivity index (χ0n) is 63.0. The highest BCUT2D eigenvalue weighted by Crippen LogP contribution is 2.45. The van der Waals surface area contributed by atoms with Crippen molar-refractivity contribution in [2.75, 3.05) is 39.6 Å². The molecule has 0 saturated carbocycles. The number of phosphoric acid groups is 2. The molecule has 0 heterocycles. The van der Waals surface area contributed by atoms with E-state index >= 15 is 0 Å². The number of esters is 4. The fourth-order valence-corrected chi connectivity index (χ4v) is 13.3. The quantitative estimate of drug-likeness (QED) is 0.0222. The maximum atomic E-state index is 13.1. The van der Waals surface area contributed by atoms with E-state index in [2.05, 4.69) is 55.4 Å². The Labute approximate surface area is 588 Å². The van der Waals surface area contributed by atoms with Gasteiger partial charge in [-0.25, -0.2) is 9.13 Å². The largest absolute Gasteiger partial charge is 0.472 e. The first-order chi connectivity index (χ1) is 46.1. The van der Waals surface area contributed by atoms with Crippen LogP contribution in [-0.4, -0.2) is 96.7 Å². The van der Waals surface area contributed by atoms with Gasteiger partial charge < -0.3 is 33.8 Å². The molecule has 0 aromatic rings. The molecule has 19 heteroatoms. The summed E-state index contributed by atoms with van der Waals surface area (Å²) in [4.78, 5) is 72.8. The Kier molecular flexibility index (Phi) is 65.0. The van der Waals surface area contributed by atoms with Crippen molar-refractivity contribution in [1.29, 1.82) is 0 Å². The number of phosphoric ester groups is 2. The van der Waals surface area contributed by atoms with Crippen LogP contribution >= 0.6 is 15.6 Å². The summed E-state index contributed by atoms with van der Waals surface area (Å²) in [6, 6.07) is 0. The number of hydrogen-bond donors (Lipinski definition) is 3. The van der Waals surface area contributed by atoms with Gasteiger partial charge in [-0.3, -0.25) is 37.3 Å². The lowest BCUT2D eigenvalue weighted by molar-refractivity contribution is -0.161. The zero-order valence-corrected chi connectivity index (χ0v) is 64.8. The van der Waals surface area contributed by atoms with Crippen molar-refractivity contribution in [2.45, 2.75) is 408 Å². The van der Waals surface area contributed by atoms with E-state index in [-0.39, 0.29) is 25.7 Å². The molecule has 0 fully saturated rings. The Balaban J connectivity index is 5.18. The highest BCUT2D eigenvalue weighted by atomic mass is 31.2. The van der Waals surface area contributed by atoms with Crippen molar-refractivity contribution in [1.82, 2.24) is 0 Å². The summed E-state index contributed by atoms with van der Waals surface area (Å²) in [6.45, 7) is 14.1. The topological polar surface area (TPSA) is 237 Å². The number of carbonyl (C=O) groups is 4. The third kappa shape index (κ3) is 70.5. The fraction of sp³-hybridized carbons (Fsp3) is 0.948. The number of hydrogen-bond acceptors (Lipinski definition) is 15. The van der Waals surface area contributed by atoms with Crippen molar-refractivity contribution in [3.63, 3.8) is 0 Å². The second kappa shape index (κ2) is 66.3. The summed E-state index contributed by atoms with van der Waals surface area (Å²) in [5.74, 6) is 0.877. The van der Waals surface area contributed by atoms with Gasteiger partial charge in [-0.1, -0.05) is 338 Å². The van der Waals surface area contributed by atoms with Gasteiger partial charge in [-0.15, -0.1) is 0 Å². The lowest BCUT2D eigenvalue weighted by Gasteiger charge is -2.21. The van der Waals surface area contributed by atoms with Gasteiger partial charge in [0.1, 0.15) is 19.3 Å². The van der Waals surface area contributed by atoms with E-state index in [9.17, 15) is 43.2 Å². The first-order valence-electron chi connectivity index (χ1n) is 39.7. The molecular weight excluding hydrogens is 1260 g/mol. The van der Waals surface area contributed by atoms with Crippen LogP contribution in [0, 0.1) is 23.7 Å². The molecular formula is C77H150O17P2. The molecule has 0 saturated heterocycles. The molecule has 0 aliphatic carbocycles. The third-order valence-electron chi connectivity index (χ3n) is 17.8. The zero-order chi connectivity index (χ0) is 71.0. The SMILES string of the molecule is CC(C)CCCCCCCCCCCCCCCCCCCCC(=O)OC[C@H](COP(=O)(O)OCC(O)COP(=O)(O)OC[C@@H](COC(=O)CCCCCCCCCC(C)C)OC(=O)CCCCCCCCCC(C)C)OC(=O)CCCCCCCCCCCCCCC(C)C. The predicted octanol–water partition coefficient (Wildman–Crippen LogP) is 22.4. The summed E-state index contributed by atoms with van der Waals surface area (Å²) in [6.07, 6.45) is 51.7. The molecule has 17 nitrogen and oxygen atoms in total. The molecule has 0 bridgehead atoms. The average molecular weight is 1410 g/mol. The van der Waals surface area contributed by atoms with Gasteiger partial charge in [0.05, 0.1) is 26.4 Å². The van der Waals surface area contributed by atoms with Gasteiger partial charge >= 0.3 is 39.5 Å². The van der Waals surface area contributed by atoms with E-state index < -0.39 is 97.5 Å². The van der Waals surface area contributed by atoms with Crippen molar-refractivity contribution >= 4 is 39.5 Å². The second-order valence-corrected chi connectivity index (χ2v) is 32.6. The first kappa shape index (κ1) is 94.1. The lowest BCUT2D eigenvalue weighted by Crippen LogP contribution is -2.30. The van der Waals surface area contributed by atoms with Crippen molar-refractivity contribution in [3.05, 3.63) is 0 Å². The summed E-state index contributed by atoms with van der Waals surface area (Å²) < 4.78 is 68.5. The van der Waals surface area contributed by atoms with Gasteiger partial charge in [0, 0.05) is 25.7 Å². The molecule has 96 heavy (non-hydrogen) atoms. The maximum absolute atomic E-state index is 13.1. The molecule has 5 atom stereocenters. The minimum Gasteiger partial charge on any atom is -0.462 e. The van der Waals surface area contributed by atoms with Crippen LogP contribution in [0.5, 0.6) is 0 Å². The number of ether oxygens (including phenoxy) is 4. The average Bonchev–Trinajstić information content (AvgIpc) is 3.48. The highest BCUT2D eigenvalue weighted by molar-refractivity contribution is 7.47. The molecule has 0 aromatic carbocycles. The Hall–Kier alpha value is -1.94. The molecule has 0 radical (unpaired) electrons. The summed E-state index contributed by atoms with van der Waals surface area (Å²) in [5.41, 5.74) is 0. The Morgan fingerprint density at radius 3 is 0.646 bits per heavy atom. The third-order valence-corrected chi connectivity index (χ3v) is 19.7. The van der Waals surface area contributed by atoms with E-state index in [1.165, 1.54) is 186 Å². The van der Waals surface area contributed by atoms with E-state index in [4.69, 9.17) is 37.0 Å². The summed E-state index contributed by atoms with van der Waals surface area (Å²) in [7, 11) is -9.91. The van der Waals surface area contributed by atoms with Crippen LogP contribution in [0.15, 0.2) is 0 Å². The van der Waals surface area contributed by atoms with Crippen LogP contribution in [0.3, 0.4) is 0 Å². The number of aliphatic hydroxyl groups excluding tert-OH is 1. The van der Waals surface area contributed by atoms with Gasteiger partial charge in [-0.2, -0.15) is 0 Å². The summed E-state index contributed by atoms with van der Waals surface area (Å²) in [5, 5.41) is 10.6. The molecule has 0 spiro atoms.